The normalized spacial score (nSPS) is 10.3. The molecule has 0 aliphatic carbocycles. The Morgan fingerprint density at radius 2 is 2.16 bits per heavy atom. The molecule has 0 bridgehead atoms. The molecule has 0 aromatic carbocycles. The Labute approximate surface area is 129 Å². The summed E-state index contributed by atoms with van der Waals surface area (Å²) in [6.07, 6.45) is 3.28. The van der Waals surface area contributed by atoms with Gasteiger partial charge in [-0.3, -0.25) is 9.78 Å². The highest BCUT2D eigenvalue weighted by Crippen LogP contribution is 2.22. The Hall–Kier alpha value is -1.21. The van der Waals surface area contributed by atoms with Gasteiger partial charge in [-0.05, 0) is 30.7 Å². The van der Waals surface area contributed by atoms with Gasteiger partial charge < -0.3 is 5.32 Å². The second-order valence-corrected chi connectivity index (χ2v) is 5.00. The van der Waals surface area contributed by atoms with Crippen molar-refractivity contribution in [2.75, 3.05) is 5.32 Å². The van der Waals surface area contributed by atoms with Crippen LogP contribution in [0.2, 0.25) is 5.15 Å². The van der Waals surface area contributed by atoms with Crippen molar-refractivity contribution in [3.63, 3.8) is 0 Å². The fourth-order valence-electron chi connectivity index (χ4n) is 1.62. The summed E-state index contributed by atoms with van der Waals surface area (Å²) in [6, 6.07) is 5.17. The third kappa shape index (κ3) is 3.22. The number of alkyl halides is 1. The van der Waals surface area contributed by atoms with Crippen LogP contribution in [0.25, 0.3) is 0 Å². The summed E-state index contributed by atoms with van der Waals surface area (Å²) in [7, 11) is 0. The van der Waals surface area contributed by atoms with Crippen LogP contribution in [0.1, 0.15) is 21.6 Å². The fraction of sp³-hybridized carbons (Fsp3) is 0.154. The van der Waals surface area contributed by atoms with Crippen LogP contribution in [0.5, 0.6) is 0 Å². The molecule has 2 aromatic heterocycles. The summed E-state index contributed by atoms with van der Waals surface area (Å²) in [4.78, 5) is 20.3. The third-order valence-electron chi connectivity index (χ3n) is 2.61. The molecule has 2 rings (SSSR count). The first-order valence-corrected chi connectivity index (χ1v) is 7.46. The number of hydrogen-bond acceptors (Lipinski definition) is 3. The first kappa shape index (κ1) is 14.2. The van der Waals surface area contributed by atoms with Gasteiger partial charge in [-0.1, -0.05) is 34.2 Å². The van der Waals surface area contributed by atoms with Crippen LogP contribution < -0.4 is 5.32 Å². The minimum atomic E-state index is -0.277. The highest BCUT2D eigenvalue weighted by Gasteiger charge is 2.14. The number of amides is 1. The van der Waals surface area contributed by atoms with Crippen LogP contribution in [-0.4, -0.2) is 15.9 Å². The second-order valence-electron chi connectivity index (χ2n) is 3.88. The van der Waals surface area contributed by atoms with E-state index < -0.39 is 0 Å². The minimum absolute atomic E-state index is 0.192. The number of aromatic nitrogens is 2. The molecular formula is C13H11ClIN3O. The summed E-state index contributed by atoms with van der Waals surface area (Å²) in [5.41, 5.74) is 2.90. The number of hydrogen-bond donors (Lipinski definition) is 1. The Bertz CT molecular complexity index is 619. The Morgan fingerprint density at radius 1 is 1.37 bits per heavy atom. The zero-order valence-electron chi connectivity index (χ0n) is 10.2. The lowest BCUT2D eigenvalue weighted by atomic mass is 10.2. The lowest BCUT2D eigenvalue weighted by molar-refractivity contribution is 0.102. The van der Waals surface area contributed by atoms with Crippen molar-refractivity contribution in [1.29, 1.82) is 0 Å². The summed E-state index contributed by atoms with van der Waals surface area (Å²) in [6.45, 7) is 1.93. The molecule has 0 spiro atoms. The molecule has 0 unspecified atom stereocenters. The van der Waals surface area contributed by atoms with E-state index in [1.54, 1.807) is 24.5 Å². The molecule has 2 heterocycles. The Kier molecular flexibility index (Phi) is 4.71. The third-order valence-corrected chi connectivity index (χ3v) is 3.63. The number of nitrogens with zero attached hydrogens (tertiary/aromatic N) is 2. The summed E-state index contributed by atoms with van der Waals surface area (Å²) in [5, 5.41) is 3.05. The molecule has 0 saturated carbocycles. The van der Waals surface area contributed by atoms with Crippen molar-refractivity contribution in [2.24, 2.45) is 0 Å². The molecule has 19 heavy (non-hydrogen) atoms. The summed E-state index contributed by atoms with van der Waals surface area (Å²) in [5.74, 6) is -0.277. The lowest BCUT2D eigenvalue weighted by Gasteiger charge is -2.11. The van der Waals surface area contributed by atoms with Crippen LogP contribution >= 0.6 is 34.2 Å². The van der Waals surface area contributed by atoms with E-state index in [4.69, 9.17) is 11.6 Å². The van der Waals surface area contributed by atoms with Crippen LogP contribution in [0.15, 0.2) is 30.6 Å². The predicted octanol–water partition coefficient (Wildman–Crippen LogP) is 3.63. The molecule has 0 aliphatic rings. The van der Waals surface area contributed by atoms with Gasteiger partial charge in [-0.2, -0.15) is 0 Å². The van der Waals surface area contributed by atoms with Crippen molar-refractivity contribution in [3.8, 4) is 0 Å². The number of anilines is 1. The zero-order chi connectivity index (χ0) is 13.8. The van der Waals surface area contributed by atoms with E-state index in [0.717, 1.165) is 21.4 Å². The highest BCUT2D eigenvalue weighted by molar-refractivity contribution is 14.1. The number of nitrogens with one attached hydrogen (secondary N) is 1. The van der Waals surface area contributed by atoms with Crippen LogP contribution in [0.3, 0.4) is 0 Å². The van der Waals surface area contributed by atoms with E-state index >= 15 is 0 Å². The quantitative estimate of drug-likeness (QED) is 0.497. The largest absolute Gasteiger partial charge is 0.320 e. The van der Waals surface area contributed by atoms with Gasteiger partial charge in [0.15, 0.2) is 0 Å². The van der Waals surface area contributed by atoms with Gasteiger partial charge in [0.25, 0.3) is 5.91 Å². The van der Waals surface area contributed by atoms with Crippen LogP contribution in [-0.2, 0) is 4.43 Å². The maximum atomic E-state index is 12.2. The predicted molar refractivity (Wildman–Crippen MR) is 83.9 cm³/mol. The number of carbonyl (C=O) groups is 1. The van der Waals surface area contributed by atoms with E-state index in [1.165, 1.54) is 0 Å². The first-order chi connectivity index (χ1) is 9.13. The minimum Gasteiger partial charge on any atom is -0.320 e. The van der Waals surface area contributed by atoms with E-state index in [9.17, 15) is 4.79 Å². The SMILES string of the molecule is Cc1ccnc(CI)c1NC(=O)c1cccnc1Cl. The molecule has 98 valence electrons. The molecule has 0 fully saturated rings. The van der Waals surface area contributed by atoms with Crippen molar-refractivity contribution < 1.29 is 4.79 Å². The summed E-state index contributed by atoms with van der Waals surface area (Å²) >= 11 is 8.12. The van der Waals surface area contributed by atoms with Gasteiger partial charge >= 0.3 is 0 Å². The Morgan fingerprint density at radius 3 is 2.84 bits per heavy atom. The molecule has 6 heteroatoms. The number of pyridine rings is 2. The fourth-order valence-corrected chi connectivity index (χ4v) is 2.41. The average molecular weight is 388 g/mol. The number of aryl methyl sites for hydroxylation is 1. The number of carbonyl (C=O) groups excluding carboxylic acids is 1. The van der Waals surface area contributed by atoms with Crippen molar-refractivity contribution >= 4 is 45.8 Å². The van der Waals surface area contributed by atoms with Crippen LogP contribution in [0.4, 0.5) is 5.69 Å². The van der Waals surface area contributed by atoms with Gasteiger partial charge in [0.1, 0.15) is 5.15 Å². The van der Waals surface area contributed by atoms with Gasteiger partial charge in [0.2, 0.25) is 0 Å². The van der Waals surface area contributed by atoms with Crippen molar-refractivity contribution in [2.45, 2.75) is 11.4 Å². The number of halogens is 2. The molecule has 1 amide bonds. The number of rotatable bonds is 3. The molecule has 0 atom stereocenters. The van der Waals surface area contributed by atoms with Gasteiger partial charge in [-0.15, -0.1) is 0 Å². The van der Waals surface area contributed by atoms with E-state index in [-0.39, 0.29) is 11.1 Å². The zero-order valence-corrected chi connectivity index (χ0v) is 13.1. The van der Waals surface area contributed by atoms with E-state index in [1.807, 2.05) is 13.0 Å². The van der Waals surface area contributed by atoms with Crippen molar-refractivity contribution in [3.05, 3.63) is 52.6 Å². The molecule has 0 saturated heterocycles. The second kappa shape index (κ2) is 6.29. The summed E-state index contributed by atoms with van der Waals surface area (Å²) < 4.78 is 0.718. The lowest BCUT2D eigenvalue weighted by Crippen LogP contribution is -2.15. The van der Waals surface area contributed by atoms with Crippen molar-refractivity contribution in [1.82, 2.24) is 9.97 Å². The average Bonchev–Trinajstić information content (AvgIpc) is 2.41. The molecule has 1 N–H and O–H groups in total. The monoisotopic (exact) mass is 387 g/mol. The topological polar surface area (TPSA) is 54.9 Å². The van der Waals surface area contributed by atoms with E-state index in [0.29, 0.717) is 5.56 Å². The van der Waals surface area contributed by atoms with Crippen LogP contribution in [0, 0.1) is 6.92 Å². The maximum absolute atomic E-state index is 12.2. The standard InChI is InChI=1S/C13H11ClIN3O/c1-8-4-6-16-10(7-15)11(8)18-13(19)9-3-2-5-17-12(9)14/h2-6H,7H2,1H3,(H,18,19). The highest BCUT2D eigenvalue weighted by atomic mass is 127. The molecule has 2 aromatic rings. The maximum Gasteiger partial charge on any atom is 0.258 e. The molecule has 0 radical (unpaired) electrons. The van der Waals surface area contributed by atoms with Gasteiger partial charge in [0, 0.05) is 16.8 Å². The first-order valence-electron chi connectivity index (χ1n) is 5.55. The van der Waals surface area contributed by atoms with Gasteiger partial charge in [-0.25, -0.2) is 4.98 Å². The molecular weight excluding hydrogens is 377 g/mol. The Balaban J connectivity index is 2.32. The van der Waals surface area contributed by atoms with Gasteiger partial charge in [0.05, 0.1) is 16.9 Å². The van der Waals surface area contributed by atoms with E-state index in [2.05, 4.69) is 37.9 Å². The molecule has 4 nitrogen and oxygen atoms in total. The molecule has 0 aliphatic heterocycles. The smallest absolute Gasteiger partial charge is 0.258 e.